The molecule has 0 bridgehead atoms. The Hall–Kier alpha value is -2.56. The Morgan fingerprint density at radius 3 is 1.31 bits per heavy atom. The number of unbranched alkanes of at least 4 members (excludes halogenated alkanes) is 5. The molecule has 2 aromatic rings. The van der Waals surface area contributed by atoms with Gasteiger partial charge in [-0.1, -0.05) is 73.2 Å². The van der Waals surface area contributed by atoms with E-state index in [1.165, 1.54) is 0 Å². The first-order valence-electron chi connectivity index (χ1n) is 11.0. The second-order valence-electron chi connectivity index (χ2n) is 7.47. The minimum absolute atomic E-state index is 0.0826. The predicted molar refractivity (Wildman–Crippen MR) is 135 cm³/mol. The standard InChI is InChI=1S/C26H30Cl2N2O2/c27-23-13-7-21(8-14-23)11-17-25(31)29-19-5-3-1-2-4-6-20-30-26(32)18-12-22-9-15-24(28)16-10-22/h7-18H,1-6,19-20H2,(H,29,31)(H,30,32). The lowest BCUT2D eigenvalue weighted by Gasteiger charge is -2.04. The second kappa shape index (κ2) is 15.3. The van der Waals surface area contributed by atoms with Crippen LogP contribution in [-0.2, 0) is 9.59 Å². The highest BCUT2D eigenvalue weighted by Crippen LogP contribution is 2.11. The highest BCUT2D eigenvalue weighted by Gasteiger charge is 1.98. The van der Waals surface area contributed by atoms with Gasteiger partial charge in [-0.15, -0.1) is 0 Å². The molecule has 6 heteroatoms. The molecule has 2 rings (SSSR count). The summed E-state index contributed by atoms with van der Waals surface area (Å²) in [6, 6.07) is 14.7. The van der Waals surface area contributed by atoms with Crippen LogP contribution < -0.4 is 10.6 Å². The van der Waals surface area contributed by atoms with E-state index in [0.29, 0.717) is 23.1 Å². The largest absolute Gasteiger partial charge is 0.353 e. The molecular formula is C26H30Cl2N2O2. The number of rotatable bonds is 13. The van der Waals surface area contributed by atoms with Crippen molar-refractivity contribution in [3.8, 4) is 0 Å². The summed E-state index contributed by atoms with van der Waals surface area (Å²) >= 11 is 11.7. The molecular weight excluding hydrogens is 443 g/mol. The molecule has 0 radical (unpaired) electrons. The van der Waals surface area contributed by atoms with Crippen molar-refractivity contribution in [2.75, 3.05) is 13.1 Å². The molecule has 2 aromatic carbocycles. The Morgan fingerprint density at radius 2 is 0.938 bits per heavy atom. The zero-order valence-electron chi connectivity index (χ0n) is 18.2. The number of carbonyl (C=O) groups excluding carboxylic acids is 2. The Labute approximate surface area is 200 Å². The van der Waals surface area contributed by atoms with Crippen LogP contribution in [0.4, 0.5) is 0 Å². The molecule has 0 aliphatic carbocycles. The van der Waals surface area contributed by atoms with E-state index in [2.05, 4.69) is 10.6 Å². The van der Waals surface area contributed by atoms with Crippen LogP contribution in [-0.4, -0.2) is 24.9 Å². The van der Waals surface area contributed by atoms with Gasteiger partial charge in [-0.05, 0) is 60.4 Å². The van der Waals surface area contributed by atoms with Crippen molar-refractivity contribution in [2.24, 2.45) is 0 Å². The molecule has 0 atom stereocenters. The van der Waals surface area contributed by atoms with E-state index in [0.717, 1.165) is 49.7 Å². The van der Waals surface area contributed by atoms with Crippen LogP contribution in [0.1, 0.15) is 49.7 Å². The van der Waals surface area contributed by atoms with Crippen LogP contribution in [0.15, 0.2) is 60.7 Å². The molecule has 0 spiro atoms. The maximum absolute atomic E-state index is 11.8. The summed E-state index contributed by atoms with van der Waals surface area (Å²) in [5, 5.41) is 7.16. The Bertz CT molecular complexity index is 816. The van der Waals surface area contributed by atoms with Crippen LogP contribution >= 0.6 is 23.2 Å². The number of amides is 2. The molecule has 0 fully saturated rings. The molecule has 4 nitrogen and oxygen atoms in total. The summed E-state index contributed by atoms with van der Waals surface area (Å²) in [5.41, 5.74) is 1.89. The molecule has 2 amide bonds. The molecule has 32 heavy (non-hydrogen) atoms. The van der Waals surface area contributed by atoms with Gasteiger partial charge < -0.3 is 10.6 Å². The third-order valence-corrected chi connectivity index (χ3v) is 5.30. The van der Waals surface area contributed by atoms with Crippen molar-refractivity contribution < 1.29 is 9.59 Å². The lowest BCUT2D eigenvalue weighted by Crippen LogP contribution is -2.22. The summed E-state index contributed by atoms with van der Waals surface area (Å²) in [6.07, 6.45) is 13.0. The van der Waals surface area contributed by atoms with Crippen molar-refractivity contribution in [1.82, 2.24) is 10.6 Å². The van der Waals surface area contributed by atoms with Gasteiger partial charge in [0.25, 0.3) is 0 Å². The minimum atomic E-state index is -0.0826. The fourth-order valence-electron chi connectivity index (χ4n) is 2.99. The molecule has 0 aliphatic rings. The predicted octanol–water partition coefficient (Wildman–Crippen LogP) is 6.29. The SMILES string of the molecule is O=C(C=Cc1ccc(Cl)cc1)NCCCCCCCCNC(=O)C=Cc1ccc(Cl)cc1. The van der Waals surface area contributed by atoms with Gasteiger partial charge in [0.15, 0.2) is 0 Å². The molecule has 0 saturated heterocycles. The Morgan fingerprint density at radius 1 is 0.594 bits per heavy atom. The van der Waals surface area contributed by atoms with Crippen LogP contribution in [0.25, 0.3) is 12.2 Å². The van der Waals surface area contributed by atoms with E-state index in [1.54, 1.807) is 48.6 Å². The lowest BCUT2D eigenvalue weighted by atomic mass is 10.1. The van der Waals surface area contributed by atoms with Crippen molar-refractivity contribution in [3.05, 3.63) is 81.9 Å². The first-order valence-corrected chi connectivity index (χ1v) is 11.7. The summed E-state index contributed by atoms with van der Waals surface area (Å²) < 4.78 is 0. The van der Waals surface area contributed by atoms with E-state index in [9.17, 15) is 9.59 Å². The van der Waals surface area contributed by atoms with Crippen LogP contribution in [0.3, 0.4) is 0 Å². The molecule has 170 valence electrons. The summed E-state index contributed by atoms with van der Waals surface area (Å²) in [5.74, 6) is -0.165. The summed E-state index contributed by atoms with van der Waals surface area (Å²) in [6.45, 7) is 1.36. The quantitative estimate of drug-likeness (QED) is 0.265. The van der Waals surface area contributed by atoms with Gasteiger partial charge in [0.1, 0.15) is 0 Å². The van der Waals surface area contributed by atoms with Crippen molar-refractivity contribution in [3.63, 3.8) is 0 Å². The van der Waals surface area contributed by atoms with Gasteiger partial charge in [-0.3, -0.25) is 9.59 Å². The zero-order valence-corrected chi connectivity index (χ0v) is 19.7. The number of hydrogen-bond donors (Lipinski definition) is 2. The fourth-order valence-corrected chi connectivity index (χ4v) is 3.24. The van der Waals surface area contributed by atoms with Crippen LogP contribution in [0, 0.1) is 0 Å². The molecule has 0 heterocycles. The normalized spacial score (nSPS) is 11.2. The van der Waals surface area contributed by atoms with E-state index < -0.39 is 0 Å². The van der Waals surface area contributed by atoms with Gasteiger partial charge in [0, 0.05) is 35.3 Å². The number of benzene rings is 2. The average molecular weight is 473 g/mol. The topological polar surface area (TPSA) is 58.2 Å². The second-order valence-corrected chi connectivity index (χ2v) is 8.35. The lowest BCUT2D eigenvalue weighted by molar-refractivity contribution is -0.117. The van der Waals surface area contributed by atoms with Gasteiger partial charge in [0.2, 0.25) is 11.8 Å². The van der Waals surface area contributed by atoms with Crippen molar-refractivity contribution in [2.45, 2.75) is 38.5 Å². The highest BCUT2D eigenvalue weighted by molar-refractivity contribution is 6.30. The first kappa shape index (κ1) is 25.7. The molecule has 2 N–H and O–H groups in total. The van der Waals surface area contributed by atoms with Crippen molar-refractivity contribution in [1.29, 1.82) is 0 Å². The summed E-state index contributed by atoms with van der Waals surface area (Å²) in [7, 11) is 0. The number of nitrogens with one attached hydrogen (secondary N) is 2. The Kier molecular flexibility index (Phi) is 12.3. The highest BCUT2D eigenvalue weighted by atomic mass is 35.5. The van der Waals surface area contributed by atoms with Crippen molar-refractivity contribution >= 4 is 47.2 Å². The average Bonchev–Trinajstić information content (AvgIpc) is 2.79. The van der Waals surface area contributed by atoms with Gasteiger partial charge in [-0.25, -0.2) is 0 Å². The van der Waals surface area contributed by atoms with Gasteiger partial charge in [-0.2, -0.15) is 0 Å². The molecule has 0 aliphatic heterocycles. The van der Waals surface area contributed by atoms with Crippen LogP contribution in [0.5, 0.6) is 0 Å². The monoisotopic (exact) mass is 472 g/mol. The smallest absolute Gasteiger partial charge is 0.243 e. The fraction of sp³-hybridized carbons (Fsp3) is 0.308. The molecule has 0 aromatic heterocycles. The third-order valence-electron chi connectivity index (χ3n) is 4.80. The molecule has 0 saturated carbocycles. The maximum atomic E-state index is 11.8. The zero-order chi connectivity index (χ0) is 23.0. The minimum Gasteiger partial charge on any atom is -0.353 e. The van der Waals surface area contributed by atoms with E-state index in [1.807, 2.05) is 24.3 Å². The maximum Gasteiger partial charge on any atom is 0.243 e. The first-order chi connectivity index (χ1) is 15.5. The third kappa shape index (κ3) is 11.7. The van der Waals surface area contributed by atoms with E-state index >= 15 is 0 Å². The van der Waals surface area contributed by atoms with Crippen LogP contribution in [0.2, 0.25) is 10.0 Å². The van der Waals surface area contributed by atoms with Gasteiger partial charge >= 0.3 is 0 Å². The van der Waals surface area contributed by atoms with E-state index in [-0.39, 0.29) is 11.8 Å². The van der Waals surface area contributed by atoms with E-state index in [4.69, 9.17) is 23.2 Å². The molecule has 0 unspecified atom stereocenters. The Balaban J connectivity index is 1.42. The number of hydrogen-bond acceptors (Lipinski definition) is 2. The van der Waals surface area contributed by atoms with Gasteiger partial charge in [0.05, 0.1) is 0 Å². The number of carbonyl (C=O) groups is 2. The number of halogens is 2. The summed E-state index contributed by atoms with van der Waals surface area (Å²) in [4.78, 5) is 23.6.